The molecule has 132 valence electrons. The molecule has 0 aliphatic rings. The van der Waals surface area contributed by atoms with Gasteiger partial charge < -0.3 is 5.32 Å². The fourth-order valence-corrected chi connectivity index (χ4v) is 3.75. The molecular formula is C19H15BrN2O3S. The van der Waals surface area contributed by atoms with Gasteiger partial charge in [0.15, 0.2) is 5.03 Å². The van der Waals surface area contributed by atoms with Crippen LogP contribution in [0.25, 0.3) is 0 Å². The Balaban J connectivity index is 1.83. The molecule has 26 heavy (non-hydrogen) atoms. The van der Waals surface area contributed by atoms with E-state index < -0.39 is 9.84 Å². The Kier molecular flexibility index (Phi) is 5.20. The van der Waals surface area contributed by atoms with Crippen LogP contribution in [0.4, 0.5) is 5.69 Å². The summed E-state index contributed by atoms with van der Waals surface area (Å²) < 4.78 is 26.0. The first-order valence-corrected chi connectivity index (χ1v) is 9.99. The molecule has 0 spiro atoms. The minimum absolute atomic E-state index is 0.104. The van der Waals surface area contributed by atoms with E-state index in [4.69, 9.17) is 0 Å². The van der Waals surface area contributed by atoms with Gasteiger partial charge in [0.2, 0.25) is 9.84 Å². The molecule has 0 aliphatic carbocycles. The molecule has 0 bridgehead atoms. The molecule has 0 saturated carbocycles. The van der Waals surface area contributed by atoms with Gasteiger partial charge in [-0.1, -0.05) is 34.1 Å². The quantitative estimate of drug-likeness (QED) is 0.671. The number of hydrogen-bond acceptors (Lipinski definition) is 4. The Morgan fingerprint density at radius 1 is 1.00 bits per heavy atom. The normalized spacial score (nSPS) is 11.2. The number of para-hydroxylation sites is 1. The van der Waals surface area contributed by atoms with Gasteiger partial charge in [0.1, 0.15) is 0 Å². The van der Waals surface area contributed by atoms with E-state index in [0.29, 0.717) is 5.69 Å². The van der Waals surface area contributed by atoms with Gasteiger partial charge in [0.25, 0.3) is 5.91 Å². The van der Waals surface area contributed by atoms with Gasteiger partial charge in [-0.15, -0.1) is 0 Å². The molecular weight excluding hydrogens is 416 g/mol. The summed E-state index contributed by atoms with van der Waals surface area (Å²) in [5.74, 6) is -0.348. The van der Waals surface area contributed by atoms with Crippen LogP contribution in [0.3, 0.4) is 0 Å². The van der Waals surface area contributed by atoms with Gasteiger partial charge in [-0.05, 0) is 55.0 Å². The van der Waals surface area contributed by atoms with Crippen LogP contribution in [0.1, 0.15) is 15.9 Å². The summed E-state index contributed by atoms with van der Waals surface area (Å²) in [6, 6.07) is 16.5. The van der Waals surface area contributed by atoms with Crippen molar-refractivity contribution >= 4 is 37.4 Å². The Hall–Kier alpha value is -2.51. The van der Waals surface area contributed by atoms with Crippen molar-refractivity contribution < 1.29 is 13.2 Å². The summed E-state index contributed by atoms with van der Waals surface area (Å²) in [6.45, 7) is 1.89. The highest BCUT2D eigenvalue weighted by atomic mass is 79.9. The lowest BCUT2D eigenvalue weighted by Crippen LogP contribution is -2.14. The molecule has 0 unspecified atom stereocenters. The van der Waals surface area contributed by atoms with Crippen LogP contribution in [0.2, 0.25) is 0 Å². The van der Waals surface area contributed by atoms with Crippen LogP contribution in [-0.2, 0) is 9.84 Å². The van der Waals surface area contributed by atoms with Gasteiger partial charge in [-0.25, -0.2) is 13.4 Å². The number of aromatic nitrogens is 1. The van der Waals surface area contributed by atoms with E-state index in [1.807, 2.05) is 25.1 Å². The average Bonchev–Trinajstić information content (AvgIpc) is 2.64. The Morgan fingerprint density at radius 3 is 2.31 bits per heavy atom. The van der Waals surface area contributed by atoms with Gasteiger partial charge in [-0.3, -0.25) is 4.79 Å². The molecule has 1 amide bonds. The summed E-state index contributed by atoms with van der Waals surface area (Å²) in [7, 11) is -3.73. The maximum Gasteiger partial charge on any atom is 0.257 e. The third-order valence-electron chi connectivity index (χ3n) is 3.79. The minimum Gasteiger partial charge on any atom is -0.322 e. The number of benzene rings is 2. The zero-order valence-corrected chi connectivity index (χ0v) is 16.2. The molecule has 1 heterocycles. The molecule has 7 heteroatoms. The van der Waals surface area contributed by atoms with Crippen LogP contribution in [0.15, 0.2) is 81.3 Å². The summed E-state index contributed by atoms with van der Waals surface area (Å²) in [6.07, 6.45) is 1.26. The highest BCUT2D eigenvalue weighted by Gasteiger charge is 2.19. The lowest BCUT2D eigenvalue weighted by atomic mass is 10.2. The molecule has 0 radical (unpaired) electrons. The van der Waals surface area contributed by atoms with E-state index >= 15 is 0 Å². The predicted molar refractivity (Wildman–Crippen MR) is 103 cm³/mol. The maximum absolute atomic E-state index is 12.6. The number of amides is 1. The number of anilines is 1. The summed E-state index contributed by atoms with van der Waals surface area (Å²) in [4.78, 5) is 16.4. The predicted octanol–water partition coefficient (Wildman–Crippen LogP) is 4.24. The third kappa shape index (κ3) is 3.84. The minimum atomic E-state index is -3.73. The van der Waals surface area contributed by atoms with Crippen molar-refractivity contribution in [2.45, 2.75) is 16.8 Å². The van der Waals surface area contributed by atoms with Gasteiger partial charge in [0.05, 0.1) is 10.5 Å². The van der Waals surface area contributed by atoms with Crippen molar-refractivity contribution in [3.8, 4) is 0 Å². The number of aryl methyl sites for hydroxylation is 1. The topological polar surface area (TPSA) is 76.1 Å². The third-order valence-corrected chi connectivity index (χ3v) is 6.00. The fraction of sp³-hybridized carbons (Fsp3) is 0.0526. The number of nitrogens with one attached hydrogen (secondary N) is 1. The number of rotatable bonds is 4. The van der Waals surface area contributed by atoms with Crippen LogP contribution in [0.5, 0.6) is 0 Å². The zero-order chi connectivity index (χ0) is 18.7. The van der Waals surface area contributed by atoms with E-state index in [1.54, 1.807) is 18.2 Å². The monoisotopic (exact) mass is 430 g/mol. The second kappa shape index (κ2) is 7.39. The Labute approximate surface area is 160 Å². The number of carbonyl (C=O) groups excluding carboxylic acids is 1. The number of hydrogen-bond donors (Lipinski definition) is 1. The van der Waals surface area contributed by atoms with E-state index in [-0.39, 0.29) is 21.4 Å². The maximum atomic E-state index is 12.6. The first-order valence-electron chi connectivity index (χ1n) is 7.71. The van der Waals surface area contributed by atoms with Gasteiger partial charge in [0, 0.05) is 16.4 Å². The van der Waals surface area contributed by atoms with Gasteiger partial charge >= 0.3 is 0 Å². The van der Waals surface area contributed by atoms with Crippen LogP contribution >= 0.6 is 15.9 Å². The van der Waals surface area contributed by atoms with Crippen molar-refractivity contribution in [2.24, 2.45) is 0 Å². The van der Waals surface area contributed by atoms with Crippen LogP contribution in [0, 0.1) is 6.92 Å². The summed E-state index contributed by atoms with van der Waals surface area (Å²) in [5.41, 5.74) is 1.91. The first kappa shape index (κ1) is 18.3. The molecule has 1 aromatic heterocycles. The molecule has 0 fully saturated rings. The highest BCUT2D eigenvalue weighted by Crippen LogP contribution is 2.21. The number of pyridine rings is 1. The largest absolute Gasteiger partial charge is 0.322 e. The van der Waals surface area contributed by atoms with Crippen molar-refractivity contribution in [2.75, 3.05) is 5.32 Å². The van der Waals surface area contributed by atoms with Crippen molar-refractivity contribution in [1.82, 2.24) is 4.98 Å². The molecule has 0 aliphatic heterocycles. The summed E-state index contributed by atoms with van der Waals surface area (Å²) >= 11 is 3.27. The molecule has 0 atom stereocenters. The first-order chi connectivity index (χ1) is 12.4. The van der Waals surface area contributed by atoms with Gasteiger partial charge in [-0.2, -0.15) is 0 Å². The second-order valence-electron chi connectivity index (χ2n) is 5.61. The van der Waals surface area contributed by atoms with Crippen molar-refractivity contribution in [3.05, 3.63) is 82.5 Å². The molecule has 2 aromatic carbocycles. The SMILES string of the molecule is Cc1ccccc1NC(=O)c1ccc(S(=O)(=O)c2ccc(Br)cc2)nc1. The molecule has 1 N–H and O–H groups in total. The van der Waals surface area contributed by atoms with Crippen LogP contribution in [-0.4, -0.2) is 19.3 Å². The smallest absolute Gasteiger partial charge is 0.257 e. The Morgan fingerprint density at radius 2 is 1.69 bits per heavy atom. The number of sulfone groups is 1. The van der Waals surface area contributed by atoms with Crippen LogP contribution < -0.4 is 5.32 Å². The Bertz CT molecular complexity index is 1050. The van der Waals surface area contributed by atoms with Crippen molar-refractivity contribution in [3.63, 3.8) is 0 Å². The van der Waals surface area contributed by atoms with E-state index in [1.165, 1.54) is 30.5 Å². The fourth-order valence-electron chi connectivity index (χ4n) is 2.32. The number of nitrogens with zero attached hydrogens (tertiary/aromatic N) is 1. The van der Waals surface area contributed by atoms with E-state index in [0.717, 1.165) is 10.0 Å². The van der Waals surface area contributed by atoms with E-state index in [2.05, 4.69) is 26.2 Å². The zero-order valence-electron chi connectivity index (χ0n) is 13.8. The number of halogens is 1. The molecule has 5 nitrogen and oxygen atoms in total. The lowest BCUT2D eigenvalue weighted by molar-refractivity contribution is 0.102. The lowest BCUT2D eigenvalue weighted by Gasteiger charge is -2.08. The van der Waals surface area contributed by atoms with Crippen molar-refractivity contribution in [1.29, 1.82) is 0 Å². The average molecular weight is 431 g/mol. The second-order valence-corrected chi connectivity index (χ2v) is 8.42. The molecule has 3 rings (SSSR count). The standard InChI is InChI=1S/C19H15BrN2O3S/c1-13-4-2-3-5-17(13)22-19(23)14-6-11-18(21-12-14)26(24,25)16-9-7-15(20)8-10-16/h2-12H,1H3,(H,22,23). The number of carbonyl (C=O) groups is 1. The molecule has 0 saturated heterocycles. The van der Waals surface area contributed by atoms with E-state index in [9.17, 15) is 13.2 Å². The highest BCUT2D eigenvalue weighted by molar-refractivity contribution is 9.10. The summed E-state index contributed by atoms with van der Waals surface area (Å²) in [5, 5.41) is 2.68. The molecule has 3 aromatic rings.